The number of aromatic hydroxyl groups is 2. The van der Waals surface area contributed by atoms with Crippen LogP contribution in [0.5, 0.6) is 11.5 Å². The molecule has 0 spiro atoms. The van der Waals surface area contributed by atoms with Crippen molar-refractivity contribution in [1.29, 1.82) is 0 Å². The van der Waals surface area contributed by atoms with Gasteiger partial charge in [0.1, 0.15) is 0 Å². The minimum atomic E-state index is -4.39. The largest absolute Gasteiger partial charge is 0.504 e. The van der Waals surface area contributed by atoms with Gasteiger partial charge < -0.3 is 15.5 Å². The van der Waals surface area contributed by atoms with Crippen LogP contribution in [0.4, 0.5) is 18.9 Å². The van der Waals surface area contributed by atoms with Crippen molar-refractivity contribution in [2.75, 3.05) is 5.32 Å². The Bertz CT molecular complexity index is 654. The lowest BCUT2D eigenvalue weighted by Gasteiger charge is -2.13. The van der Waals surface area contributed by atoms with Gasteiger partial charge in [-0.1, -0.05) is 12.1 Å². The maximum absolute atomic E-state index is 12.7. The number of alkyl halides is 3. The van der Waals surface area contributed by atoms with E-state index in [2.05, 4.69) is 5.32 Å². The molecule has 112 valence electrons. The number of anilines is 1. The number of halogens is 3. The molecule has 0 fully saturated rings. The molecule has 0 bridgehead atoms. The molecule has 2 aromatic rings. The first-order chi connectivity index (χ1) is 9.77. The van der Waals surface area contributed by atoms with Crippen molar-refractivity contribution < 1.29 is 23.4 Å². The quantitative estimate of drug-likeness (QED) is 0.749. The average molecular weight is 297 g/mol. The van der Waals surface area contributed by atoms with Crippen LogP contribution in [0, 0.1) is 6.92 Å². The highest BCUT2D eigenvalue weighted by atomic mass is 19.4. The van der Waals surface area contributed by atoms with Crippen LogP contribution in [0.15, 0.2) is 36.4 Å². The van der Waals surface area contributed by atoms with Crippen molar-refractivity contribution in [3.05, 3.63) is 53.1 Å². The zero-order valence-electron chi connectivity index (χ0n) is 11.2. The summed E-state index contributed by atoms with van der Waals surface area (Å²) in [5.41, 5.74) is 0.981. The summed E-state index contributed by atoms with van der Waals surface area (Å²) in [4.78, 5) is 0. The second-order valence-corrected chi connectivity index (χ2v) is 4.70. The second kappa shape index (κ2) is 5.55. The Morgan fingerprint density at radius 2 is 1.71 bits per heavy atom. The van der Waals surface area contributed by atoms with Gasteiger partial charge in [0, 0.05) is 12.2 Å². The molecule has 0 saturated heterocycles. The molecule has 0 aromatic heterocycles. The summed E-state index contributed by atoms with van der Waals surface area (Å²) < 4.78 is 38.0. The van der Waals surface area contributed by atoms with Crippen LogP contribution < -0.4 is 5.32 Å². The second-order valence-electron chi connectivity index (χ2n) is 4.70. The Labute approximate surface area is 119 Å². The smallest absolute Gasteiger partial charge is 0.416 e. The Morgan fingerprint density at radius 1 is 1.00 bits per heavy atom. The molecule has 3 N–H and O–H groups in total. The van der Waals surface area contributed by atoms with Crippen molar-refractivity contribution in [2.45, 2.75) is 19.6 Å². The summed E-state index contributed by atoms with van der Waals surface area (Å²) in [6, 6.07) is 7.74. The first-order valence-electron chi connectivity index (χ1n) is 6.20. The molecule has 0 amide bonds. The number of hydrogen-bond donors (Lipinski definition) is 3. The number of rotatable bonds is 3. The van der Waals surface area contributed by atoms with Crippen LogP contribution in [0.25, 0.3) is 0 Å². The van der Waals surface area contributed by atoms with E-state index in [1.165, 1.54) is 18.2 Å². The summed E-state index contributed by atoms with van der Waals surface area (Å²) >= 11 is 0. The maximum atomic E-state index is 12.7. The summed E-state index contributed by atoms with van der Waals surface area (Å²) in [5.74, 6) is -0.510. The number of phenolic OH excluding ortho intramolecular Hbond substituents is 2. The highest BCUT2D eigenvalue weighted by Crippen LogP contribution is 2.32. The molecule has 21 heavy (non-hydrogen) atoms. The van der Waals surface area contributed by atoms with E-state index in [9.17, 15) is 23.4 Å². The van der Waals surface area contributed by atoms with E-state index in [0.717, 1.165) is 12.1 Å². The molecule has 0 aliphatic carbocycles. The Hall–Kier alpha value is -2.37. The van der Waals surface area contributed by atoms with Gasteiger partial charge in [-0.2, -0.15) is 13.2 Å². The van der Waals surface area contributed by atoms with Crippen molar-refractivity contribution in [1.82, 2.24) is 0 Å². The van der Waals surface area contributed by atoms with Gasteiger partial charge in [0.15, 0.2) is 11.5 Å². The minimum Gasteiger partial charge on any atom is -0.504 e. The predicted octanol–water partition coefficient (Wildman–Crippen LogP) is 4.04. The summed E-state index contributed by atoms with van der Waals surface area (Å²) in [5, 5.41) is 21.5. The van der Waals surface area contributed by atoms with Crippen molar-refractivity contribution >= 4 is 5.69 Å². The van der Waals surface area contributed by atoms with E-state index in [-0.39, 0.29) is 18.0 Å². The molecular weight excluding hydrogens is 283 g/mol. The normalized spacial score (nSPS) is 11.4. The van der Waals surface area contributed by atoms with Crippen LogP contribution in [0.3, 0.4) is 0 Å². The topological polar surface area (TPSA) is 52.5 Å². The molecule has 0 aliphatic rings. The fourth-order valence-electron chi connectivity index (χ4n) is 1.87. The lowest BCUT2D eigenvalue weighted by Crippen LogP contribution is -2.07. The molecule has 0 saturated carbocycles. The molecule has 2 rings (SSSR count). The van der Waals surface area contributed by atoms with Gasteiger partial charge >= 0.3 is 6.18 Å². The lowest BCUT2D eigenvalue weighted by molar-refractivity contribution is -0.137. The molecule has 6 heteroatoms. The molecule has 3 nitrogen and oxygen atoms in total. The summed E-state index contributed by atoms with van der Waals surface area (Å²) in [6.07, 6.45) is -4.39. The highest BCUT2D eigenvalue weighted by Gasteiger charge is 2.30. The fraction of sp³-hybridized carbons (Fsp3) is 0.200. The van der Waals surface area contributed by atoms with Crippen molar-refractivity contribution in [3.63, 3.8) is 0 Å². The zero-order valence-corrected chi connectivity index (χ0v) is 11.2. The van der Waals surface area contributed by atoms with Gasteiger partial charge in [-0.3, -0.25) is 0 Å². The molecule has 0 radical (unpaired) electrons. The average Bonchev–Trinajstić information content (AvgIpc) is 2.40. The van der Waals surface area contributed by atoms with Gasteiger partial charge in [-0.25, -0.2) is 0 Å². The molecule has 0 atom stereocenters. The third-order valence-electron chi connectivity index (χ3n) is 3.09. The van der Waals surface area contributed by atoms with Crippen LogP contribution in [-0.4, -0.2) is 10.2 Å². The maximum Gasteiger partial charge on any atom is 0.416 e. The molecule has 0 unspecified atom stereocenters. The minimum absolute atomic E-state index is 0.232. The van der Waals surface area contributed by atoms with Gasteiger partial charge in [-0.05, 0) is 42.3 Å². The number of hydrogen-bond acceptors (Lipinski definition) is 3. The predicted molar refractivity (Wildman–Crippen MR) is 73.3 cm³/mol. The molecule has 2 aromatic carbocycles. The van der Waals surface area contributed by atoms with Crippen LogP contribution >= 0.6 is 0 Å². The van der Waals surface area contributed by atoms with Crippen LogP contribution in [-0.2, 0) is 12.7 Å². The summed E-state index contributed by atoms with van der Waals surface area (Å²) in [6.45, 7) is 1.94. The van der Waals surface area contributed by atoms with E-state index in [1.54, 1.807) is 13.0 Å². The first-order valence-corrected chi connectivity index (χ1v) is 6.20. The third kappa shape index (κ3) is 3.59. The van der Waals surface area contributed by atoms with E-state index >= 15 is 0 Å². The zero-order chi connectivity index (χ0) is 15.6. The Morgan fingerprint density at radius 3 is 2.33 bits per heavy atom. The Kier molecular flexibility index (Phi) is 3.97. The van der Waals surface area contributed by atoms with Crippen LogP contribution in [0.1, 0.15) is 16.7 Å². The first kappa shape index (κ1) is 15.0. The van der Waals surface area contributed by atoms with E-state index in [1.807, 2.05) is 0 Å². The monoisotopic (exact) mass is 297 g/mol. The number of phenols is 2. The Balaban J connectivity index is 2.17. The van der Waals surface area contributed by atoms with E-state index in [0.29, 0.717) is 16.8 Å². The van der Waals surface area contributed by atoms with Gasteiger partial charge in [0.25, 0.3) is 0 Å². The van der Waals surface area contributed by atoms with Crippen molar-refractivity contribution in [2.24, 2.45) is 0 Å². The van der Waals surface area contributed by atoms with E-state index < -0.39 is 11.7 Å². The van der Waals surface area contributed by atoms with Gasteiger partial charge in [0.05, 0.1) is 5.56 Å². The fourth-order valence-corrected chi connectivity index (χ4v) is 1.87. The van der Waals surface area contributed by atoms with Crippen LogP contribution in [0.2, 0.25) is 0 Å². The van der Waals surface area contributed by atoms with Gasteiger partial charge in [-0.15, -0.1) is 0 Å². The number of aryl methyl sites for hydroxylation is 1. The highest BCUT2D eigenvalue weighted by molar-refractivity contribution is 5.54. The number of nitrogens with one attached hydrogen (secondary N) is 1. The third-order valence-corrected chi connectivity index (χ3v) is 3.09. The molecular formula is C15H14F3NO2. The number of benzene rings is 2. The lowest BCUT2D eigenvalue weighted by atomic mass is 10.1. The van der Waals surface area contributed by atoms with E-state index in [4.69, 9.17) is 0 Å². The standard InChI is InChI=1S/C15H14F3NO2/c1-9-2-4-11(15(16,17)18)7-12(9)19-8-10-3-5-13(20)14(21)6-10/h2-7,19-21H,8H2,1H3. The SMILES string of the molecule is Cc1ccc(C(F)(F)F)cc1NCc1ccc(O)c(O)c1. The molecule has 0 heterocycles. The van der Waals surface area contributed by atoms with Gasteiger partial charge in [0.2, 0.25) is 0 Å². The van der Waals surface area contributed by atoms with Crippen molar-refractivity contribution in [3.8, 4) is 11.5 Å². The molecule has 0 aliphatic heterocycles. The summed E-state index contributed by atoms with van der Waals surface area (Å²) in [7, 11) is 0.